The van der Waals surface area contributed by atoms with Gasteiger partial charge in [-0.1, -0.05) is 25.3 Å². The largest absolute Gasteiger partial charge is 0.453 e. The van der Waals surface area contributed by atoms with E-state index in [1.54, 1.807) is 0 Å². The Kier molecular flexibility index (Phi) is 2.15. The third kappa shape index (κ3) is 1.36. The molecule has 0 aromatic carbocycles. The molecule has 1 fully saturated rings. The van der Waals surface area contributed by atoms with Crippen molar-refractivity contribution in [3.63, 3.8) is 0 Å². The molecule has 0 unspecified atom stereocenters. The van der Waals surface area contributed by atoms with Crippen LogP contribution < -0.4 is 0 Å². The Bertz CT molecular complexity index is 493. The van der Waals surface area contributed by atoms with Gasteiger partial charge in [0.15, 0.2) is 0 Å². The summed E-state index contributed by atoms with van der Waals surface area (Å²) in [5.41, 5.74) is 5.35. The summed E-state index contributed by atoms with van der Waals surface area (Å²) < 4.78 is 5.49. The molecule has 0 spiro atoms. The molecular formula is C15H16O2. The molecule has 0 radical (unpaired) electrons. The van der Waals surface area contributed by atoms with Gasteiger partial charge in [0.1, 0.15) is 6.10 Å². The van der Waals surface area contributed by atoms with E-state index in [1.807, 2.05) is 0 Å². The summed E-state index contributed by atoms with van der Waals surface area (Å²) in [7, 11) is 0. The van der Waals surface area contributed by atoms with Gasteiger partial charge in [-0.3, -0.25) is 0 Å². The van der Waals surface area contributed by atoms with E-state index in [1.165, 1.54) is 11.1 Å². The number of hydrogen-bond donors (Lipinski definition) is 0. The summed E-state index contributed by atoms with van der Waals surface area (Å²) in [5.74, 6) is -0.110. The van der Waals surface area contributed by atoms with Crippen LogP contribution in [0.3, 0.4) is 0 Å². The Hall–Kier alpha value is -1.57. The summed E-state index contributed by atoms with van der Waals surface area (Å²) in [6, 6.07) is 0. The van der Waals surface area contributed by atoms with E-state index >= 15 is 0 Å². The normalized spacial score (nSPS) is 32.5. The van der Waals surface area contributed by atoms with Crippen molar-refractivity contribution in [3.05, 3.63) is 47.6 Å². The summed E-state index contributed by atoms with van der Waals surface area (Å²) >= 11 is 0. The quantitative estimate of drug-likeness (QED) is 0.470. The second-order valence-corrected chi connectivity index (χ2v) is 5.10. The maximum absolute atomic E-state index is 11.6. The minimum absolute atomic E-state index is 0.126. The molecule has 1 heterocycles. The lowest BCUT2D eigenvalue weighted by molar-refractivity contribution is -0.137. The van der Waals surface area contributed by atoms with E-state index < -0.39 is 0 Å². The predicted molar refractivity (Wildman–Crippen MR) is 66.3 cm³/mol. The molecule has 0 aromatic rings. The zero-order valence-corrected chi connectivity index (χ0v) is 9.92. The molecule has 3 aliphatic rings. The average Bonchev–Trinajstić information content (AvgIpc) is 2.75. The number of allylic oxidation sites excluding steroid dienone is 2. The van der Waals surface area contributed by atoms with Crippen LogP contribution in [0.4, 0.5) is 0 Å². The van der Waals surface area contributed by atoms with Gasteiger partial charge in [-0.25, -0.2) is 4.79 Å². The van der Waals surface area contributed by atoms with Crippen molar-refractivity contribution >= 4 is 5.97 Å². The van der Waals surface area contributed by atoms with E-state index in [0.29, 0.717) is 5.57 Å². The van der Waals surface area contributed by atoms with Crippen LogP contribution in [0.2, 0.25) is 0 Å². The number of fused-ring (bicyclic) bond motifs is 2. The molecule has 88 valence electrons. The topological polar surface area (TPSA) is 26.3 Å². The highest BCUT2D eigenvalue weighted by atomic mass is 16.6. The fourth-order valence-corrected chi connectivity index (χ4v) is 3.17. The first kappa shape index (κ1) is 10.6. The van der Waals surface area contributed by atoms with Crippen molar-refractivity contribution in [3.8, 4) is 0 Å². The average molecular weight is 228 g/mol. The van der Waals surface area contributed by atoms with Crippen molar-refractivity contribution < 1.29 is 9.53 Å². The zero-order chi connectivity index (χ0) is 12.2. The first-order chi connectivity index (χ1) is 8.09. The van der Waals surface area contributed by atoms with Gasteiger partial charge in [0, 0.05) is 11.5 Å². The summed E-state index contributed by atoms with van der Waals surface area (Å²) in [4.78, 5) is 11.6. The number of ether oxygens (including phenoxy) is 1. The molecule has 0 N–H and O–H groups in total. The highest BCUT2D eigenvalue weighted by molar-refractivity contribution is 5.91. The molecule has 2 atom stereocenters. The number of esters is 1. The molecule has 1 aliphatic heterocycles. The Morgan fingerprint density at radius 3 is 2.59 bits per heavy atom. The van der Waals surface area contributed by atoms with E-state index in [0.717, 1.165) is 36.8 Å². The van der Waals surface area contributed by atoms with Crippen LogP contribution in [0.15, 0.2) is 47.6 Å². The molecule has 0 amide bonds. The molecule has 0 aromatic heterocycles. The third-order valence-electron chi connectivity index (χ3n) is 4.16. The molecule has 2 nitrogen and oxygen atoms in total. The first-order valence-corrected chi connectivity index (χ1v) is 6.08. The first-order valence-electron chi connectivity index (χ1n) is 6.08. The molecule has 1 saturated heterocycles. The Balaban J connectivity index is 2.11. The maximum Gasteiger partial charge on any atom is 0.334 e. The van der Waals surface area contributed by atoms with Crippen LogP contribution >= 0.6 is 0 Å². The summed E-state index contributed by atoms with van der Waals surface area (Å²) in [6.45, 7) is 12.1. The highest BCUT2D eigenvalue weighted by Crippen LogP contribution is 2.47. The van der Waals surface area contributed by atoms with E-state index in [9.17, 15) is 4.79 Å². The molecule has 0 bridgehead atoms. The summed E-state index contributed by atoms with van der Waals surface area (Å²) in [6.07, 6.45) is 3.67. The standard InChI is InChI=1S/C15H16O2/c1-8-4-7-12-10(3)15(16)17-14(12)13-9(2)5-6-11(8)13/h12,14H,1-7H2/t12-,14-/m0/s1. The van der Waals surface area contributed by atoms with Crippen LogP contribution in [0.5, 0.6) is 0 Å². The van der Waals surface area contributed by atoms with Crippen molar-refractivity contribution in [1.29, 1.82) is 0 Å². The van der Waals surface area contributed by atoms with Crippen molar-refractivity contribution in [2.24, 2.45) is 5.92 Å². The molecule has 17 heavy (non-hydrogen) atoms. The van der Waals surface area contributed by atoms with Gasteiger partial charge in [-0.15, -0.1) is 0 Å². The van der Waals surface area contributed by atoms with Gasteiger partial charge < -0.3 is 4.74 Å². The van der Waals surface area contributed by atoms with Gasteiger partial charge >= 0.3 is 5.97 Å². The molecule has 2 aliphatic carbocycles. The fourth-order valence-electron chi connectivity index (χ4n) is 3.17. The van der Waals surface area contributed by atoms with Crippen molar-refractivity contribution in [2.45, 2.75) is 31.8 Å². The fraction of sp³-hybridized carbons (Fsp3) is 0.400. The SMILES string of the molecule is C=C1CC[C@H]2C(=C)C(=O)O[C@@H]2C2=C1CCC2=C. The van der Waals surface area contributed by atoms with E-state index in [2.05, 4.69) is 19.7 Å². The number of rotatable bonds is 0. The Labute approximate surface area is 101 Å². The second kappa shape index (κ2) is 3.46. The molecular weight excluding hydrogens is 212 g/mol. The third-order valence-corrected chi connectivity index (χ3v) is 4.16. The zero-order valence-electron chi connectivity index (χ0n) is 9.92. The van der Waals surface area contributed by atoms with Crippen LogP contribution in [0, 0.1) is 5.92 Å². The second-order valence-electron chi connectivity index (χ2n) is 5.10. The number of carbonyl (C=O) groups excluding carboxylic acids is 1. The monoisotopic (exact) mass is 228 g/mol. The van der Waals surface area contributed by atoms with Crippen molar-refractivity contribution in [1.82, 2.24) is 0 Å². The number of hydrogen-bond acceptors (Lipinski definition) is 2. The Morgan fingerprint density at radius 1 is 1.06 bits per heavy atom. The van der Waals surface area contributed by atoms with Gasteiger partial charge in [0.25, 0.3) is 0 Å². The lowest BCUT2D eigenvalue weighted by Gasteiger charge is -2.18. The van der Waals surface area contributed by atoms with E-state index in [-0.39, 0.29) is 18.0 Å². The molecule has 2 heteroatoms. The molecule has 0 saturated carbocycles. The minimum Gasteiger partial charge on any atom is -0.453 e. The highest BCUT2D eigenvalue weighted by Gasteiger charge is 2.44. The lowest BCUT2D eigenvalue weighted by Crippen LogP contribution is -2.18. The van der Waals surface area contributed by atoms with Crippen LogP contribution in [-0.2, 0) is 9.53 Å². The van der Waals surface area contributed by atoms with Crippen LogP contribution in [-0.4, -0.2) is 12.1 Å². The Morgan fingerprint density at radius 2 is 1.82 bits per heavy atom. The van der Waals surface area contributed by atoms with Gasteiger partial charge in [-0.05, 0) is 42.4 Å². The van der Waals surface area contributed by atoms with Crippen molar-refractivity contribution in [2.75, 3.05) is 0 Å². The van der Waals surface area contributed by atoms with Gasteiger partial charge in [0.05, 0.1) is 0 Å². The molecule has 3 rings (SSSR count). The minimum atomic E-state index is -0.237. The smallest absolute Gasteiger partial charge is 0.334 e. The summed E-state index contributed by atoms with van der Waals surface area (Å²) in [5, 5.41) is 0. The van der Waals surface area contributed by atoms with Gasteiger partial charge in [-0.2, -0.15) is 0 Å². The maximum atomic E-state index is 11.6. The predicted octanol–water partition coefficient (Wildman–Crippen LogP) is 3.08. The van der Waals surface area contributed by atoms with Gasteiger partial charge in [0.2, 0.25) is 0 Å². The lowest BCUT2D eigenvalue weighted by atomic mass is 9.88. The van der Waals surface area contributed by atoms with Crippen LogP contribution in [0.25, 0.3) is 0 Å². The van der Waals surface area contributed by atoms with Crippen LogP contribution in [0.1, 0.15) is 25.7 Å². The van der Waals surface area contributed by atoms with E-state index in [4.69, 9.17) is 4.74 Å². The number of carbonyl (C=O) groups is 1.